The molecular formula is C30H34N4O3. The molecule has 0 fully saturated rings. The first kappa shape index (κ1) is 24.8. The number of carbonyl (C=O) groups is 1. The molecule has 0 saturated heterocycles. The van der Waals surface area contributed by atoms with Crippen molar-refractivity contribution in [3.8, 4) is 16.9 Å². The molecule has 1 aliphatic rings. The summed E-state index contributed by atoms with van der Waals surface area (Å²) >= 11 is 0. The van der Waals surface area contributed by atoms with Gasteiger partial charge in [0.05, 0.1) is 23.3 Å². The molecule has 192 valence electrons. The van der Waals surface area contributed by atoms with Gasteiger partial charge in [-0.25, -0.2) is 4.98 Å². The van der Waals surface area contributed by atoms with Crippen LogP contribution in [0.2, 0.25) is 0 Å². The second-order valence-corrected chi connectivity index (χ2v) is 10.2. The van der Waals surface area contributed by atoms with E-state index in [1.807, 2.05) is 13.8 Å². The van der Waals surface area contributed by atoms with Crippen molar-refractivity contribution in [3.63, 3.8) is 0 Å². The lowest BCUT2D eigenvalue weighted by atomic mass is 9.96. The summed E-state index contributed by atoms with van der Waals surface area (Å²) in [5.74, 6) is 1.86. The number of benzene rings is 2. The van der Waals surface area contributed by atoms with Gasteiger partial charge in [-0.3, -0.25) is 9.78 Å². The summed E-state index contributed by atoms with van der Waals surface area (Å²) in [5, 5.41) is 0. The van der Waals surface area contributed by atoms with Gasteiger partial charge < -0.3 is 19.4 Å². The van der Waals surface area contributed by atoms with Gasteiger partial charge in [0.25, 0.3) is 0 Å². The minimum absolute atomic E-state index is 0.168. The molecule has 37 heavy (non-hydrogen) atoms. The second kappa shape index (κ2) is 9.88. The number of H-pyrrole nitrogens is 1. The molecule has 0 amide bonds. The lowest BCUT2D eigenvalue weighted by Gasteiger charge is -2.28. The molecule has 5 rings (SSSR count). The van der Waals surface area contributed by atoms with E-state index in [2.05, 4.69) is 72.0 Å². The third-order valence-corrected chi connectivity index (χ3v) is 6.88. The van der Waals surface area contributed by atoms with E-state index in [0.717, 1.165) is 68.5 Å². The van der Waals surface area contributed by atoms with E-state index < -0.39 is 0 Å². The van der Waals surface area contributed by atoms with Crippen molar-refractivity contribution in [2.75, 3.05) is 18.1 Å². The number of rotatable bonds is 5. The van der Waals surface area contributed by atoms with Crippen LogP contribution in [0.1, 0.15) is 60.6 Å². The SMILES string of the molecule is CC(=O)OCc1cc(N2CCOc3c(C)cc(-c4ccc5nc(C)[nH]c5c4)cc3C2)c(C(C)C)c(C)n1. The Kier molecular flexibility index (Phi) is 6.63. The highest BCUT2D eigenvalue weighted by atomic mass is 16.5. The van der Waals surface area contributed by atoms with Gasteiger partial charge >= 0.3 is 5.97 Å². The number of ether oxygens (including phenoxy) is 2. The van der Waals surface area contributed by atoms with Crippen molar-refractivity contribution in [1.29, 1.82) is 0 Å². The first-order valence-corrected chi connectivity index (χ1v) is 12.8. The van der Waals surface area contributed by atoms with Gasteiger partial charge in [-0.1, -0.05) is 19.9 Å². The summed E-state index contributed by atoms with van der Waals surface area (Å²) in [5.41, 5.74) is 10.6. The van der Waals surface area contributed by atoms with Gasteiger partial charge in [0, 0.05) is 30.4 Å². The quantitative estimate of drug-likeness (QED) is 0.333. The molecule has 0 bridgehead atoms. The molecule has 1 N–H and O–H groups in total. The highest BCUT2D eigenvalue weighted by Gasteiger charge is 2.23. The zero-order chi connectivity index (χ0) is 26.3. The average molecular weight is 499 g/mol. The van der Waals surface area contributed by atoms with E-state index in [4.69, 9.17) is 14.5 Å². The Morgan fingerprint density at radius 2 is 1.92 bits per heavy atom. The van der Waals surface area contributed by atoms with Crippen LogP contribution < -0.4 is 9.64 Å². The van der Waals surface area contributed by atoms with Crippen LogP contribution in [0, 0.1) is 20.8 Å². The average Bonchev–Trinajstić information content (AvgIpc) is 3.07. The molecule has 2 aromatic heterocycles. The molecule has 4 aromatic rings. The van der Waals surface area contributed by atoms with Crippen LogP contribution in [0.15, 0.2) is 36.4 Å². The fourth-order valence-corrected chi connectivity index (χ4v) is 5.36. The number of anilines is 1. The number of nitrogens with zero attached hydrogens (tertiary/aromatic N) is 3. The van der Waals surface area contributed by atoms with Gasteiger partial charge in [-0.05, 0) is 79.3 Å². The number of nitrogens with one attached hydrogen (secondary N) is 1. The number of aromatic nitrogens is 3. The first-order chi connectivity index (χ1) is 17.7. The van der Waals surface area contributed by atoms with Crippen LogP contribution in [0.3, 0.4) is 0 Å². The summed E-state index contributed by atoms with van der Waals surface area (Å²) in [6.45, 7) is 14.1. The monoisotopic (exact) mass is 498 g/mol. The van der Waals surface area contributed by atoms with Crippen molar-refractivity contribution in [3.05, 3.63) is 70.3 Å². The third kappa shape index (κ3) is 5.03. The molecule has 0 saturated carbocycles. The number of hydrogen-bond donors (Lipinski definition) is 1. The number of pyridine rings is 1. The van der Waals surface area contributed by atoms with Gasteiger partial charge in [0.15, 0.2) is 0 Å². The maximum Gasteiger partial charge on any atom is 0.303 e. The van der Waals surface area contributed by atoms with Crippen molar-refractivity contribution in [2.24, 2.45) is 0 Å². The Morgan fingerprint density at radius 3 is 2.68 bits per heavy atom. The highest BCUT2D eigenvalue weighted by molar-refractivity contribution is 5.82. The Morgan fingerprint density at radius 1 is 1.11 bits per heavy atom. The number of hydrogen-bond acceptors (Lipinski definition) is 6. The van der Waals surface area contributed by atoms with Crippen LogP contribution in [-0.2, 0) is 22.7 Å². The smallest absolute Gasteiger partial charge is 0.303 e. The normalized spacial score (nSPS) is 13.4. The van der Waals surface area contributed by atoms with Crippen molar-refractivity contribution < 1.29 is 14.3 Å². The molecule has 2 aromatic carbocycles. The van der Waals surface area contributed by atoms with E-state index in [1.54, 1.807) is 0 Å². The van der Waals surface area contributed by atoms with Crippen LogP contribution in [0.25, 0.3) is 22.2 Å². The minimum atomic E-state index is -0.308. The van der Waals surface area contributed by atoms with Gasteiger partial charge in [-0.15, -0.1) is 0 Å². The molecule has 0 radical (unpaired) electrons. The number of carbonyl (C=O) groups excluding carboxylic acids is 1. The summed E-state index contributed by atoms with van der Waals surface area (Å²) in [7, 11) is 0. The fraction of sp³-hybridized carbons (Fsp3) is 0.367. The largest absolute Gasteiger partial charge is 0.491 e. The summed E-state index contributed by atoms with van der Waals surface area (Å²) in [6, 6.07) is 12.9. The van der Waals surface area contributed by atoms with Crippen molar-refractivity contribution in [2.45, 2.75) is 60.6 Å². The van der Waals surface area contributed by atoms with Crippen molar-refractivity contribution in [1.82, 2.24) is 15.0 Å². The number of fused-ring (bicyclic) bond motifs is 2. The predicted octanol–water partition coefficient (Wildman–Crippen LogP) is 6.14. The van der Waals surface area contributed by atoms with Gasteiger partial charge in [-0.2, -0.15) is 0 Å². The first-order valence-electron chi connectivity index (χ1n) is 12.8. The molecular weight excluding hydrogens is 464 g/mol. The molecule has 0 spiro atoms. The molecule has 0 aliphatic carbocycles. The molecule has 3 heterocycles. The third-order valence-electron chi connectivity index (χ3n) is 6.88. The second-order valence-electron chi connectivity index (χ2n) is 10.2. The zero-order valence-electron chi connectivity index (χ0n) is 22.4. The minimum Gasteiger partial charge on any atom is -0.491 e. The summed E-state index contributed by atoms with van der Waals surface area (Å²) in [4.78, 5) is 26.4. The number of imidazole rings is 1. The van der Waals surface area contributed by atoms with E-state index in [9.17, 15) is 4.79 Å². The molecule has 1 aliphatic heterocycles. The maximum atomic E-state index is 11.4. The predicted molar refractivity (Wildman–Crippen MR) is 146 cm³/mol. The summed E-state index contributed by atoms with van der Waals surface area (Å²) in [6.07, 6.45) is 0. The Bertz CT molecular complexity index is 1490. The topological polar surface area (TPSA) is 80.3 Å². The maximum absolute atomic E-state index is 11.4. The van der Waals surface area contributed by atoms with Crippen LogP contribution in [0.5, 0.6) is 5.75 Å². The Hall–Kier alpha value is -3.87. The molecule has 0 unspecified atom stereocenters. The van der Waals surface area contributed by atoms with E-state index in [0.29, 0.717) is 19.1 Å². The molecule has 0 atom stereocenters. The van der Waals surface area contributed by atoms with Crippen molar-refractivity contribution >= 4 is 22.7 Å². The van der Waals surface area contributed by atoms with Crippen LogP contribution >= 0.6 is 0 Å². The van der Waals surface area contributed by atoms with Crippen LogP contribution in [-0.4, -0.2) is 34.1 Å². The standard InChI is InChI=1S/C30H34N4O3/c1-17(2)29-19(4)31-25(16-37-21(6)35)14-28(29)34-9-10-36-30-18(3)11-23(12-24(30)15-34)22-7-8-26-27(13-22)33-20(5)32-26/h7-8,11-14,17H,9-10,15-16H2,1-6H3,(H,32,33). The van der Waals surface area contributed by atoms with E-state index in [1.165, 1.54) is 12.5 Å². The Balaban J connectivity index is 1.55. The fourth-order valence-electron chi connectivity index (χ4n) is 5.36. The van der Waals surface area contributed by atoms with E-state index in [-0.39, 0.29) is 12.6 Å². The number of aryl methyl sites for hydroxylation is 3. The lowest BCUT2D eigenvalue weighted by Crippen LogP contribution is -2.27. The zero-order valence-corrected chi connectivity index (χ0v) is 22.4. The van der Waals surface area contributed by atoms with E-state index >= 15 is 0 Å². The number of aromatic amines is 1. The summed E-state index contributed by atoms with van der Waals surface area (Å²) < 4.78 is 11.6. The highest BCUT2D eigenvalue weighted by Crippen LogP contribution is 2.37. The lowest BCUT2D eigenvalue weighted by molar-refractivity contribution is -0.142. The van der Waals surface area contributed by atoms with Crippen LogP contribution in [0.4, 0.5) is 5.69 Å². The molecule has 7 nitrogen and oxygen atoms in total. The van der Waals surface area contributed by atoms with Gasteiger partial charge in [0.2, 0.25) is 0 Å². The van der Waals surface area contributed by atoms with Gasteiger partial charge in [0.1, 0.15) is 24.8 Å². The Labute approximate surface area is 217 Å². The molecule has 7 heteroatoms. The number of esters is 1.